The minimum atomic E-state index is -0.865. The van der Waals surface area contributed by atoms with Crippen LogP contribution >= 0.6 is 0 Å². The summed E-state index contributed by atoms with van der Waals surface area (Å²) in [6.45, 7) is 7.01. The highest BCUT2D eigenvalue weighted by molar-refractivity contribution is 5.89. The van der Waals surface area contributed by atoms with Crippen LogP contribution in [0, 0.1) is 10.8 Å². The van der Waals surface area contributed by atoms with Crippen molar-refractivity contribution in [2.75, 3.05) is 6.54 Å². The summed E-state index contributed by atoms with van der Waals surface area (Å²) < 4.78 is 0. The molecule has 1 atom stereocenters. The lowest BCUT2D eigenvalue weighted by molar-refractivity contribution is -0.154. The van der Waals surface area contributed by atoms with Crippen molar-refractivity contribution < 1.29 is 19.5 Å². The van der Waals surface area contributed by atoms with Crippen molar-refractivity contribution in [3.63, 3.8) is 0 Å². The van der Waals surface area contributed by atoms with Gasteiger partial charge in [-0.25, -0.2) is 0 Å². The van der Waals surface area contributed by atoms with Gasteiger partial charge in [-0.3, -0.25) is 14.4 Å². The Morgan fingerprint density at radius 2 is 1.80 bits per heavy atom. The van der Waals surface area contributed by atoms with Crippen LogP contribution in [0.25, 0.3) is 0 Å². The number of carboxylic acids is 1. The summed E-state index contributed by atoms with van der Waals surface area (Å²) in [6.07, 6.45) is 2.05. The molecule has 3 N–H and O–H groups in total. The van der Waals surface area contributed by atoms with Crippen LogP contribution in [-0.4, -0.2) is 35.5 Å². The van der Waals surface area contributed by atoms with Crippen LogP contribution in [0.2, 0.25) is 0 Å². The third kappa shape index (κ3) is 3.71. The predicted octanol–water partition coefficient (Wildman–Crippen LogP) is 0.908. The minimum absolute atomic E-state index is 0.122. The fourth-order valence-electron chi connectivity index (χ4n) is 1.96. The quantitative estimate of drug-likeness (QED) is 0.699. The first-order chi connectivity index (χ1) is 9.08. The maximum atomic E-state index is 11.9. The lowest BCUT2D eigenvalue weighted by Crippen LogP contribution is -2.53. The molecule has 114 valence electrons. The van der Waals surface area contributed by atoms with Crippen LogP contribution in [-0.2, 0) is 14.4 Å². The van der Waals surface area contributed by atoms with E-state index in [-0.39, 0.29) is 18.4 Å². The molecular formula is C14H24N2O4. The maximum absolute atomic E-state index is 11.9. The van der Waals surface area contributed by atoms with E-state index in [1.165, 1.54) is 0 Å². The molecule has 20 heavy (non-hydrogen) atoms. The first kappa shape index (κ1) is 16.5. The van der Waals surface area contributed by atoms with Crippen molar-refractivity contribution in [1.29, 1.82) is 0 Å². The van der Waals surface area contributed by atoms with Crippen LogP contribution in [0.1, 0.15) is 47.0 Å². The Morgan fingerprint density at radius 3 is 2.15 bits per heavy atom. The first-order valence-corrected chi connectivity index (χ1v) is 6.90. The molecule has 0 aliphatic heterocycles. The van der Waals surface area contributed by atoms with Gasteiger partial charge in [0, 0.05) is 12.0 Å². The molecule has 6 nitrogen and oxygen atoms in total. The van der Waals surface area contributed by atoms with Crippen LogP contribution in [0.15, 0.2) is 0 Å². The monoisotopic (exact) mass is 284 g/mol. The van der Waals surface area contributed by atoms with Crippen molar-refractivity contribution >= 4 is 17.8 Å². The van der Waals surface area contributed by atoms with E-state index in [0.717, 1.165) is 6.42 Å². The highest BCUT2D eigenvalue weighted by Gasteiger charge is 2.44. The third-order valence-electron chi connectivity index (χ3n) is 3.79. The standard InChI is InChI=1S/C14H24N2O4/c1-9(16-11(18)13(2,3)4)10(17)15-8-14(12(19)20)6-5-7-14/h9H,5-8H2,1-4H3,(H,15,17)(H,16,18)(H,19,20). The SMILES string of the molecule is CC(NC(=O)C(C)(C)C)C(=O)NCC1(C(=O)O)CCC1. The van der Waals surface area contributed by atoms with Gasteiger partial charge >= 0.3 is 5.97 Å². The summed E-state index contributed by atoms with van der Waals surface area (Å²) in [4.78, 5) is 34.8. The van der Waals surface area contributed by atoms with E-state index in [0.29, 0.717) is 12.8 Å². The highest BCUT2D eigenvalue weighted by Crippen LogP contribution is 2.40. The molecule has 1 aliphatic rings. The number of hydrogen-bond acceptors (Lipinski definition) is 3. The number of hydrogen-bond donors (Lipinski definition) is 3. The van der Waals surface area contributed by atoms with Crippen LogP contribution < -0.4 is 10.6 Å². The molecular weight excluding hydrogens is 260 g/mol. The van der Waals surface area contributed by atoms with E-state index in [4.69, 9.17) is 5.11 Å². The zero-order valence-electron chi connectivity index (χ0n) is 12.6. The van der Waals surface area contributed by atoms with E-state index in [1.54, 1.807) is 27.7 Å². The van der Waals surface area contributed by atoms with Crippen molar-refractivity contribution in [2.45, 2.75) is 53.0 Å². The van der Waals surface area contributed by atoms with Gasteiger partial charge < -0.3 is 15.7 Å². The summed E-state index contributed by atoms with van der Waals surface area (Å²) in [6, 6.07) is -0.673. The van der Waals surface area contributed by atoms with E-state index < -0.39 is 22.8 Å². The fourth-order valence-corrected chi connectivity index (χ4v) is 1.96. The van der Waals surface area contributed by atoms with Crippen molar-refractivity contribution in [3.8, 4) is 0 Å². The van der Waals surface area contributed by atoms with Crippen LogP contribution in [0.4, 0.5) is 0 Å². The molecule has 2 amide bonds. The zero-order valence-corrected chi connectivity index (χ0v) is 12.6. The van der Waals surface area contributed by atoms with Crippen LogP contribution in [0.5, 0.6) is 0 Å². The summed E-state index contributed by atoms with van der Waals surface area (Å²) in [5.41, 5.74) is -1.38. The lowest BCUT2D eigenvalue weighted by atomic mass is 9.69. The predicted molar refractivity (Wildman–Crippen MR) is 74.0 cm³/mol. The molecule has 0 heterocycles. The topological polar surface area (TPSA) is 95.5 Å². The normalized spacial score (nSPS) is 18.6. The van der Waals surface area contributed by atoms with Gasteiger partial charge in [-0.15, -0.1) is 0 Å². The lowest BCUT2D eigenvalue weighted by Gasteiger charge is -2.37. The molecule has 1 saturated carbocycles. The minimum Gasteiger partial charge on any atom is -0.481 e. The Hall–Kier alpha value is -1.59. The number of aliphatic carboxylic acids is 1. The summed E-state index contributed by atoms with van der Waals surface area (Å²) in [7, 11) is 0. The largest absolute Gasteiger partial charge is 0.481 e. The summed E-state index contributed by atoms with van der Waals surface area (Å²) in [5.74, 6) is -1.43. The Morgan fingerprint density at radius 1 is 1.25 bits per heavy atom. The Balaban J connectivity index is 2.47. The molecule has 0 aromatic rings. The Labute approximate surface area is 119 Å². The third-order valence-corrected chi connectivity index (χ3v) is 3.79. The zero-order chi connectivity index (χ0) is 15.6. The molecule has 0 aromatic carbocycles. The summed E-state index contributed by atoms with van der Waals surface area (Å²) in [5, 5.41) is 14.4. The Kier molecular flexibility index (Phi) is 4.78. The molecule has 1 rings (SSSR count). The molecule has 0 bridgehead atoms. The molecule has 0 spiro atoms. The van der Waals surface area contributed by atoms with E-state index in [1.807, 2.05) is 0 Å². The molecule has 6 heteroatoms. The number of nitrogens with one attached hydrogen (secondary N) is 2. The van der Waals surface area contributed by atoms with Crippen molar-refractivity contribution in [3.05, 3.63) is 0 Å². The fraction of sp³-hybridized carbons (Fsp3) is 0.786. The smallest absolute Gasteiger partial charge is 0.311 e. The van der Waals surface area contributed by atoms with Gasteiger partial charge in [-0.05, 0) is 19.8 Å². The molecule has 0 radical (unpaired) electrons. The highest BCUT2D eigenvalue weighted by atomic mass is 16.4. The van der Waals surface area contributed by atoms with E-state index >= 15 is 0 Å². The van der Waals surface area contributed by atoms with Gasteiger partial charge in [0.25, 0.3) is 0 Å². The van der Waals surface area contributed by atoms with E-state index in [2.05, 4.69) is 10.6 Å². The number of carboxylic acid groups (broad SMARTS) is 1. The van der Waals surface area contributed by atoms with Crippen molar-refractivity contribution in [1.82, 2.24) is 10.6 Å². The average Bonchev–Trinajstić information content (AvgIpc) is 2.25. The molecule has 0 aromatic heterocycles. The average molecular weight is 284 g/mol. The number of carbonyl (C=O) groups is 3. The molecule has 1 unspecified atom stereocenters. The Bertz CT molecular complexity index is 408. The maximum Gasteiger partial charge on any atom is 0.311 e. The molecule has 1 aliphatic carbocycles. The molecule has 1 fully saturated rings. The van der Waals surface area contributed by atoms with Crippen LogP contribution in [0.3, 0.4) is 0 Å². The first-order valence-electron chi connectivity index (χ1n) is 6.90. The van der Waals surface area contributed by atoms with Gasteiger partial charge in [0.2, 0.25) is 11.8 Å². The number of carbonyl (C=O) groups excluding carboxylic acids is 2. The number of rotatable bonds is 5. The molecule has 0 saturated heterocycles. The van der Waals surface area contributed by atoms with E-state index in [9.17, 15) is 14.4 Å². The van der Waals surface area contributed by atoms with Gasteiger partial charge in [-0.2, -0.15) is 0 Å². The number of amides is 2. The van der Waals surface area contributed by atoms with Gasteiger partial charge in [-0.1, -0.05) is 27.2 Å². The second-order valence-corrected chi connectivity index (χ2v) is 6.60. The van der Waals surface area contributed by atoms with Gasteiger partial charge in [0.15, 0.2) is 0 Å². The van der Waals surface area contributed by atoms with Gasteiger partial charge in [0.05, 0.1) is 5.41 Å². The second kappa shape index (κ2) is 5.81. The second-order valence-electron chi connectivity index (χ2n) is 6.60. The van der Waals surface area contributed by atoms with Crippen molar-refractivity contribution in [2.24, 2.45) is 10.8 Å². The van der Waals surface area contributed by atoms with Gasteiger partial charge in [0.1, 0.15) is 6.04 Å². The summed E-state index contributed by atoms with van der Waals surface area (Å²) >= 11 is 0.